The molecular formula is C17H20N2O5S. The van der Waals surface area contributed by atoms with E-state index in [9.17, 15) is 18.0 Å². The van der Waals surface area contributed by atoms with Crippen molar-refractivity contribution >= 4 is 21.8 Å². The van der Waals surface area contributed by atoms with Crippen molar-refractivity contribution < 1.29 is 22.7 Å². The summed E-state index contributed by atoms with van der Waals surface area (Å²) in [6.07, 6.45) is 0.211. The Morgan fingerprint density at radius 2 is 1.76 bits per heavy atom. The first-order valence-electron chi connectivity index (χ1n) is 7.66. The molecule has 0 radical (unpaired) electrons. The topological polar surface area (TPSA) is 108 Å². The number of rotatable bonds is 6. The van der Waals surface area contributed by atoms with Crippen LogP contribution in [-0.2, 0) is 19.6 Å². The number of carbonyl (C=O) groups excluding carboxylic acids is 2. The van der Waals surface area contributed by atoms with Gasteiger partial charge in [-0.05, 0) is 44.2 Å². The number of sulfonamides is 1. The number of esters is 1. The van der Waals surface area contributed by atoms with Crippen LogP contribution < -0.4 is 5.14 Å². The Balaban J connectivity index is 2.33. The number of carbonyl (C=O) groups is 2. The lowest BCUT2D eigenvalue weighted by Crippen LogP contribution is -2.14. The molecule has 2 N–H and O–H groups in total. The summed E-state index contributed by atoms with van der Waals surface area (Å²) in [6.45, 7) is 4.95. The molecule has 0 unspecified atom stereocenters. The SMILES string of the molecule is CCC(=O)OCC(=O)c1cc(C)n(-c2ccc(S(N)(=O)=O)cc2)c1C. The normalized spacial score (nSPS) is 11.4. The summed E-state index contributed by atoms with van der Waals surface area (Å²) < 4.78 is 29.4. The average molecular weight is 364 g/mol. The van der Waals surface area contributed by atoms with Crippen LogP contribution in [0.15, 0.2) is 35.2 Å². The zero-order valence-corrected chi connectivity index (χ0v) is 15.1. The fourth-order valence-corrected chi connectivity index (χ4v) is 3.07. The molecule has 8 heteroatoms. The van der Waals surface area contributed by atoms with E-state index in [-0.39, 0.29) is 23.7 Å². The van der Waals surface area contributed by atoms with Crippen LogP contribution in [0.4, 0.5) is 0 Å². The molecule has 1 aromatic carbocycles. The largest absolute Gasteiger partial charge is 0.457 e. The van der Waals surface area contributed by atoms with Gasteiger partial charge < -0.3 is 9.30 Å². The fraction of sp³-hybridized carbons (Fsp3) is 0.294. The van der Waals surface area contributed by atoms with Gasteiger partial charge in [0.25, 0.3) is 0 Å². The van der Waals surface area contributed by atoms with Gasteiger partial charge in [0.1, 0.15) is 0 Å². The van der Waals surface area contributed by atoms with Crippen LogP contribution in [0.5, 0.6) is 0 Å². The van der Waals surface area contributed by atoms with Gasteiger partial charge in [0.15, 0.2) is 6.61 Å². The van der Waals surface area contributed by atoms with Crippen molar-refractivity contribution in [3.8, 4) is 5.69 Å². The molecule has 0 saturated carbocycles. The maximum atomic E-state index is 12.3. The number of Topliss-reactive ketones (excluding diaryl/α,β-unsaturated/α-hetero) is 1. The maximum absolute atomic E-state index is 12.3. The zero-order chi connectivity index (χ0) is 18.8. The third kappa shape index (κ3) is 4.15. The van der Waals surface area contributed by atoms with Crippen LogP contribution in [0.25, 0.3) is 5.69 Å². The van der Waals surface area contributed by atoms with Crippen molar-refractivity contribution in [2.45, 2.75) is 32.1 Å². The van der Waals surface area contributed by atoms with Crippen LogP contribution in [0.1, 0.15) is 35.1 Å². The Bertz CT molecular complexity index is 911. The second-order valence-electron chi connectivity index (χ2n) is 5.60. The fourth-order valence-electron chi connectivity index (χ4n) is 2.55. The second kappa shape index (κ2) is 7.20. The van der Waals surface area contributed by atoms with Crippen molar-refractivity contribution in [1.29, 1.82) is 0 Å². The molecule has 0 spiro atoms. The summed E-state index contributed by atoms with van der Waals surface area (Å²) in [4.78, 5) is 23.5. The second-order valence-corrected chi connectivity index (χ2v) is 7.16. The highest BCUT2D eigenvalue weighted by Gasteiger charge is 2.18. The molecule has 7 nitrogen and oxygen atoms in total. The van der Waals surface area contributed by atoms with E-state index < -0.39 is 16.0 Å². The van der Waals surface area contributed by atoms with Crippen LogP contribution in [0.2, 0.25) is 0 Å². The molecule has 134 valence electrons. The molecule has 0 bridgehead atoms. The van der Waals surface area contributed by atoms with E-state index >= 15 is 0 Å². The van der Waals surface area contributed by atoms with E-state index in [0.29, 0.717) is 16.9 Å². The highest BCUT2D eigenvalue weighted by Crippen LogP contribution is 2.22. The first-order valence-corrected chi connectivity index (χ1v) is 9.20. The highest BCUT2D eigenvalue weighted by atomic mass is 32.2. The highest BCUT2D eigenvalue weighted by molar-refractivity contribution is 7.89. The molecule has 1 aromatic heterocycles. The van der Waals surface area contributed by atoms with E-state index in [1.165, 1.54) is 12.1 Å². The summed E-state index contributed by atoms with van der Waals surface area (Å²) in [5.74, 6) is -0.719. The van der Waals surface area contributed by atoms with Gasteiger partial charge in [-0.2, -0.15) is 0 Å². The minimum Gasteiger partial charge on any atom is -0.457 e. The lowest BCUT2D eigenvalue weighted by Gasteiger charge is -2.10. The third-order valence-electron chi connectivity index (χ3n) is 3.81. The van der Waals surface area contributed by atoms with Gasteiger partial charge in [-0.15, -0.1) is 0 Å². The first kappa shape index (κ1) is 18.9. The number of benzene rings is 1. The van der Waals surface area contributed by atoms with Gasteiger partial charge in [-0.25, -0.2) is 13.6 Å². The molecule has 0 atom stereocenters. The van der Waals surface area contributed by atoms with Crippen molar-refractivity contribution in [1.82, 2.24) is 4.57 Å². The predicted molar refractivity (Wildman–Crippen MR) is 92.2 cm³/mol. The Hall–Kier alpha value is -2.45. The molecule has 2 rings (SSSR count). The maximum Gasteiger partial charge on any atom is 0.305 e. The molecule has 0 fully saturated rings. The number of aromatic nitrogens is 1. The third-order valence-corrected chi connectivity index (χ3v) is 4.74. The predicted octanol–water partition coefficient (Wildman–Crippen LogP) is 1.88. The van der Waals surface area contributed by atoms with E-state index in [2.05, 4.69) is 0 Å². The number of primary sulfonamides is 1. The molecular weight excluding hydrogens is 344 g/mol. The van der Waals surface area contributed by atoms with E-state index in [0.717, 1.165) is 5.69 Å². The lowest BCUT2D eigenvalue weighted by atomic mass is 10.1. The van der Waals surface area contributed by atoms with Crippen molar-refractivity contribution in [3.05, 3.63) is 47.3 Å². The molecule has 0 aliphatic rings. The molecule has 0 amide bonds. The van der Waals surface area contributed by atoms with E-state index in [4.69, 9.17) is 9.88 Å². The summed E-state index contributed by atoms with van der Waals surface area (Å²) in [6, 6.07) is 7.77. The number of hydrogen-bond donors (Lipinski definition) is 1. The van der Waals surface area contributed by atoms with Crippen LogP contribution in [0.3, 0.4) is 0 Å². The van der Waals surface area contributed by atoms with E-state index in [1.807, 2.05) is 11.5 Å². The van der Waals surface area contributed by atoms with Gasteiger partial charge in [0.05, 0.1) is 4.90 Å². The number of hydrogen-bond acceptors (Lipinski definition) is 5. The number of nitrogens with zero attached hydrogens (tertiary/aromatic N) is 1. The number of aryl methyl sites for hydroxylation is 1. The zero-order valence-electron chi connectivity index (χ0n) is 14.3. The molecule has 25 heavy (non-hydrogen) atoms. The number of ether oxygens (including phenoxy) is 1. The standard InChI is InChI=1S/C17H20N2O5S/c1-4-17(21)24-10-16(20)15-9-11(2)19(12(15)3)13-5-7-14(8-6-13)25(18,22)23/h5-9H,4,10H2,1-3H3,(H2,18,22,23). The Kier molecular flexibility index (Phi) is 5.44. The number of ketones is 1. The summed E-state index contributed by atoms with van der Waals surface area (Å²) in [7, 11) is -3.76. The van der Waals surface area contributed by atoms with E-state index in [1.54, 1.807) is 32.0 Å². The Labute approximate surface area is 146 Å². The van der Waals surface area contributed by atoms with Crippen molar-refractivity contribution in [2.75, 3.05) is 6.61 Å². The van der Waals surface area contributed by atoms with Gasteiger partial charge in [0, 0.05) is 29.1 Å². The van der Waals surface area contributed by atoms with Gasteiger partial charge >= 0.3 is 5.97 Å². The molecule has 0 aliphatic carbocycles. The van der Waals surface area contributed by atoms with Crippen LogP contribution >= 0.6 is 0 Å². The number of nitrogens with two attached hydrogens (primary N) is 1. The molecule has 2 aromatic rings. The smallest absolute Gasteiger partial charge is 0.305 e. The summed E-state index contributed by atoms with van der Waals surface area (Å²) in [5.41, 5.74) is 2.63. The van der Waals surface area contributed by atoms with Gasteiger partial charge in [0.2, 0.25) is 15.8 Å². The average Bonchev–Trinajstić information content (AvgIpc) is 2.86. The Morgan fingerprint density at radius 3 is 2.28 bits per heavy atom. The minimum absolute atomic E-state index is 0.0153. The van der Waals surface area contributed by atoms with Crippen molar-refractivity contribution in [2.24, 2.45) is 5.14 Å². The summed E-state index contributed by atoms with van der Waals surface area (Å²) in [5, 5.41) is 5.10. The molecule has 0 aliphatic heterocycles. The van der Waals surface area contributed by atoms with Crippen LogP contribution in [-0.4, -0.2) is 31.3 Å². The monoisotopic (exact) mass is 364 g/mol. The Morgan fingerprint density at radius 1 is 1.16 bits per heavy atom. The lowest BCUT2D eigenvalue weighted by molar-refractivity contribution is -0.142. The molecule has 0 saturated heterocycles. The first-order chi connectivity index (χ1) is 11.6. The molecule has 1 heterocycles. The summed E-state index contributed by atoms with van der Waals surface area (Å²) >= 11 is 0. The van der Waals surface area contributed by atoms with Crippen LogP contribution in [0, 0.1) is 13.8 Å². The van der Waals surface area contributed by atoms with Gasteiger partial charge in [-0.3, -0.25) is 9.59 Å². The minimum atomic E-state index is -3.76. The van der Waals surface area contributed by atoms with Gasteiger partial charge in [-0.1, -0.05) is 6.92 Å². The quantitative estimate of drug-likeness (QED) is 0.622. The van der Waals surface area contributed by atoms with Crippen molar-refractivity contribution in [3.63, 3.8) is 0 Å².